The van der Waals surface area contributed by atoms with Gasteiger partial charge in [0.25, 0.3) is 0 Å². The van der Waals surface area contributed by atoms with Gasteiger partial charge in [-0.1, -0.05) is 0 Å². The Morgan fingerprint density at radius 2 is 2.25 bits per heavy atom. The monoisotopic (exact) mass is 193 g/mol. The highest BCUT2D eigenvalue weighted by Crippen LogP contribution is 2.02. The third kappa shape index (κ3) is 4.97. The van der Waals surface area contributed by atoms with Crippen LogP contribution < -0.4 is 5.73 Å². The minimum absolute atomic E-state index is 0.0360. The van der Waals surface area contributed by atoms with Crippen LogP contribution >= 0.6 is 12.0 Å². The first-order valence-corrected chi connectivity index (χ1v) is 4.44. The van der Waals surface area contributed by atoms with Gasteiger partial charge in [-0.2, -0.15) is 0 Å². The second-order valence-electron chi connectivity index (χ2n) is 2.11. The van der Waals surface area contributed by atoms with Crippen LogP contribution in [0.4, 0.5) is 0 Å². The highest BCUT2D eigenvalue weighted by molar-refractivity contribution is 7.94. The molecule has 6 heteroatoms. The summed E-state index contributed by atoms with van der Waals surface area (Å²) < 4.78 is 4.50. The van der Waals surface area contributed by atoms with Crippen LogP contribution in [0.2, 0.25) is 0 Å². The van der Waals surface area contributed by atoms with Crippen molar-refractivity contribution in [1.29, 1.82) is 0 Å². The molecule has 0 rings (SSSR count). The number of aliphatic carboxylic acids is 1. The van der Waals surface area contributed by atoms with Crippen LogP contribution in [-0.2, 0) is 13.8 Å². The van der Waals surface area contributed by atoms with Crippen LogP contribution in [0.3, 0.4) is 0 Å². The van der Waals surface area contributed by atoms with Gasteiger partial charge in [0, 0.05) is 12.7 Å². The normalized spacial score (nSPS) is 12.2. The zero-order valence-corrected chi connectivity index (χ0v) is 7.47. The smallest absolute Gasteiger partial charge is 0.320 e. The maximum atomic E-state index is 10.7. The van der Waals surface area contributed by atoms with Gasteiger partial charge in [0.15, 0.2) is 0 Å². The van der Waals surface area contributed by atoms with E-state index in [2.05, 4.69) is 4.18 Å². The van der Waals surface area contributed by atoms with Crippen LogP contribution in [0.15, 0.2) is 0 Å². The lowest BCUT2D eigenvalue weighted by Crippen LogP contribution is -2.30. The van der Waals surface area contributed by atoms with Crippen molar-refractivity contribution in [2.45, 2.75) is 18.9 Å². The molecule has 12 heavy (non-hydrogen) atoms. The van der Waals surface area contributed by atoms with Gasteiger partial charge in [0.05, 0.1) is 12.0 Å². The van der Waals surface area contributed by atoms with Crippen molar-refractivity contribution in [3.05, 3.63) is 0 Å². The second-order valence-corrected chi connectivity index (χ2v) is 2.61. The number of carbonyl (C=O) groups excluding carboxylic acids is 1. The minimum atomic E-state index is -1.10. The molecule has 0 aromatic heterocycles. The number of rotatable bonds is 5. The predicted molar refractivity (Wildman–Crippen MR) is 44.5 cm³/mol. The van der Waals surface area contributed by atoms with E-state index in [-0.39, 0.29) is 12.8 Å². The Bertz CT molecular complexity index is 173. The Labute approximate surface area is 74.5 Å². The van der Waals surface area contributed by atoms with E-state index < -0.39 is 18.0 Å². The summed E-state index contributed by atoms with van der Waals surface area (Å²) in [6, 6.07) is -0.987. The van der Waals surface area contributed by atoms with Crippen molar-refractivity contribution in [1.82, 2.24) is 0 Å². The number of hydrogen-bond acceptors (Lipinski definition) is 5. The zero-order valence-electron chi connectivity index (χ0n) is 6.65. The average molecular weight is 193 g/mol. The van der Waals surface area contributed by atoms with E-state index in [9.17, 15) is 9.59 Å². The summed E-state index contributed by atoms with van der Waals surface area (Å²) in [7, 11) is 0. The van der Waals surface area contributed by atoms with E-state index in [0.717, 1.165) is 12.0 Å². The van der Waals surface area contributed by atoms with Crippen molar-refractivity contribution >= 4 is 24.0 Å². The molecule has 3 N–H and O–H groups in total. The Morgan fingerprint density at radius 3 is 2.67 bits per heavy atom. The molecule has 0 saturated heterocycles. The third-order valence-electron chi connectivity index (χ3n) is 1.15. The first-order chi connectivity index (χ1) is 5.57. The summed E-state index contributed by atoms with van der Waals surface area (Å²) >= 11 is 0.932. The number of carboxylic acids is 1. The Kier molecular flexibility index (Phi) is 5.48. The minimum Gasteiger partial charge on any atom is -0.480 e. The summed E-state index contributed by atoms with van der Waals surface area (Å²) in [5.41, 5.74) is 5.15. The zero-order chi connectivity index (χ0) is 9.56. The average Bonchev–Trinajstić information content (AvgIpc) is 2.00. The molecule has 0 aliphatic rings. The molecule has 1 atom stereocenters. The van der Waals surface area contributed by atoms with E-state index in [1.54, 1.807) is 6.26 Å². The molecule has 0 spiro atoms. The van der Waals surface area contributed by atoms with Gasteiger partial charge >= 0.3 is 11.9 Å². The number of carboxylic acid groups (broad SMARTS) is 1. The van der Waals surface area contributed by atoms with Crippen LogP contribution in [0, 0.1) is 0 Å². The predicted octanol–water partition coefficient (Wildman–Crippen LogP) is -0.000300. The van der Waals surface area contributed by atoms with Gasteiger partial charge in [0.1, 0.15) is 6.04 Å². The first kappa shape index (κ1) is 11.2. The van der Waals surface area contributed by atoms with Gasteiger partial charge in [-0.25, -0.2) is 0 Å². The molecular formula is C6H11NO4S. The first-order valence-electron chi connectivity index (χ1n) is 3.29. The van der Waals surface area contributed by atoms with E-state index in [0.29, 0.717) is 0 Å². The summed E-state index contributed by atoms with van der Waals surface area (Å²) in [4.78, 5) is 20.9. The Balaban J connectivity index is 3.54. The fourth-order valence-corrected chi connectivity index (χ4v) is 0.801. The Morgan fingerprint density at radius 1 is 1.67 bits per heavy atom. The molecule has 0 aromatic carbocycles. The summed E-state index contributed by atoms with van der Waals surface area (Å²) in [5.74, 6) is -1.55. The highest BCUT2D eigenvalue weighted by Gasteiger charge is 2.13. The van der Waals surface area contributed by atoms with Gasteiger partial charge in [0.2, 0.25) is 0 Å². The molecule has 0 aliphatic heterocycles. The van der Waals surface area contributed by atoms with Gasteiger partial charge in [-0.3, -0.25) is 9.59 Å². The lowest BCUT2D eigenvalue weighted by Gasteiger charge is -2.03. The molecule has 0 radical (unpaired) electrons. The van der Waals surface area contributed by atoms with Gasteiger partial charge < -0.3 is 15.0 Å². The van der Waals surface area contributed by atoms with E-state index in [4.69, 9.17) is 10.8 Å². The quantitative estimate of drug-likeness (QED) is 0.597. The molecule has 0 heterocycles. The van der Waals surface area contributed by atoms with Crippen molar-refractivity contribution < 1.29 is 18.9 Å². The molecular weight excluding hydrogens is 182 g/mol. The number of hydrogen-bond donors (Lipinski definition) is 2. The van der Waals surface area contributed by atoms with Crippen molar-refractivity contribution in [3.8, 4) is 0 Å². The fourth-order valence-electron chi connectivity index (χ4n) is 0.531. The lowest BCUT2D eigenvalue weighted by molar-refractivity contribution is -0.139. The van der Waals surface area contributed by atoms with Crippen molar-refractivity contribution in [2.24, 2.45) is 5.73 Å². The van der Waals surface area contributed by atoms with Crippen molar-refractivity contribution in [3.63, 3.8) is 0 Å². The van der Waals surface area contributed by atoms with Gasteiger partial charge in [-0.05, 0) is 6.42 Å². The highest BCUT2D eigenvalue weighted by atomic mass is 32.2. The van der Waals surface area contributed by atoms with E-state index in [1.807, 2.05) is 0 Å². The molecule has 0 aromatic rings. The maximum Gasteiger partial charge on any atom is 0.320 e. The molecule has 0 saturated carbocycles. The summed E-state index contributed by atoms with van der Waals surface area (Å²) in [6.45, 7) is 0. The van der Waals surface area contributed by atoms with Crippen LogP contribution in [0.1, 0.15) is 12.8 Å². The molecule has 70 valence electrons. The SMILES string of the molecule is CSOC(=O)CC[C@H](N)C(=O)O. The molecule has 0 amide bonds. The van der Waals surface area contributed by atoms with Gasteiger partial charge in [-0.15, -0.1) is 0 Å². The largest absolute Gasteiger partial charge is 0.480 e. The standard InChI is InChI=1S/C6H11NO4S/c1-12-11-5(8)3-2-4(7)6(9)10/h4H,2-3,7H2,1H3,(H,9,10)/t4-/m0/s1. The molecule has 0 fully saturated rings. The van der Waals surface area contributed by atoms with Crippen LogP contribution in [0.25, 0.3) is 0 Å². The maximum absolute atomic E-state index is 10.7. The topological polar surface area (TPSA) is 89.6 Å². The summed E-state index contributed by atoms with van der Waals surface area (Å²) in [5, 5.41) is 8.34. The Hall–Kier alpha value is -0.750. The number of carbonyl (C=O) groups is 2. The molecule has 5 nitrogen and oxygen atoms in total. The molecule has 0 unspecified atom stereocenters. The summed E-state index contributed by atoms with van der Waals surface area (Å²) in [6.07, 6.45) is 1.75. The van der Waals surface area contributed by atoms with E-state index in [1.165, 1.54) is 0 Å². The molecule has 0 bridgehead atoms. The second kappa shape index (κ2) is 5.84. The number of nitrogens with two attached hydrogens (primary N) is 1. The third-order valence-corrected chi connectivity index (χ3v) is 1.51. The fraction of sp³-hybridized carbons (Fsp3) is 0.667. The van der Waals surface area contributed by atoms with Crippen LogP contribution in [0.5, 0.6) is 0 Å². The lowest BCUT2D eigenvalue weighted by atomic mass is 10.2. The van der Waals surface area contributed by atoms with Crippen LogP contribution in [-0.4, -0.2) is 29.3 Å². The molecule has 0 aliphatic carbocycles. The van der Waals surface area contributed by atoms with Crippen molar-refractivity contribution in [2.75, 3.05) is 6.26 Å². The van der Waals surface area contributed by atoms with E-state index >= 15 is 0 Å².